The highest BCUT2D eigenvalue weighted by atomic mass is 35.5. The van der Waals surface area contributed by atoms with Crippen LogP contribution in [0.2, 0.25) is 5.02 Å². The average Bonchev–Trinajstić information content (AvgIpc) is 2.62. The Bertz CT molecular complexity index is 899. The summed E-state index contributed by atoms with van der Waals surface area (Å²) in [6.07, 6.45) is 0.671. The smallest absolute Gasteiger partial charge is 0.282 e. The van der Waals surface area contributed by atoms with Crippen LogP contribution in [0.3, 0.4) is 0 Å². The van der Waals surface area contributed by atoms with Crippen LogP contribution in [0.5, 0.6) is 0 Å². The molecule has 0 bridgehead atoms. The van der Waals surface area contributed by atoms with Crippen molar-refractivity contribution in [1.82, 2.24) is 8.61 Å². The predicted molar refractivity (Wildman–Crippen MR) is 107 cm³/mol. The number of nitrogens with one attached hydrogen (secondary N) is 1. The van der Waals surface area contributed by atoms with E-state index in [2.05, 4.69) is 5.32 Å². The maximum absolute atomic E-state index is 12.9. The fourth-order valence-corrected chi connectivity index (χ4v) is 4.69. The highest BCUT2D eigenvalue weighted by Gasteiger charge is 2.34. The molecule has 1 N–H and O–H groups in total. The van der Waals surface area contributed by atoms with Gasteiger partial charge in [-0.25, -0.2) is 0 Å². The molecule has 3 rings (SSSR count). The normalized spacial score (nSPS) is 17.6. The number of carbonyl (C=O) groups is 1. The lowest BCUT2D eigenvalue weighted by molar-refractivity contribution is -0.116. The van der Waals surface area contributed by atoms with Gasteiger partial charge in [-0.3, -0.25) is 4.79 Å². The number of anilines is 1. The fourth-order valence-electron chi connectivity index (χ4n) is 2.93. The van der Waals surface area contributed by atoms with Crippen molar-refractivity contribution >= 4 is 33.4 Å². The van der Waals surface area contributed by atoms with Crippen LogP contribution >= 0.6 is 11.6 Å². The zero-order chi connectivity index (χ0) is 19.4. The van der Waals surface area contributed by atoms with Crippen molar-refractivity contribution in [2.75, 3.05) is 25.0 Å². The molecule has 0 spiro atoms. The molecule has 1 aliphatic heterocycles. The summed E-state index contributed by atoms with van der Waals surface area (Å²) in [7, 11) is -3.69. The molecule has 2 aromatic carbocycles. The number of amides is 1. The van der Waals surface area contributed by atoms with E-state index in [-0.39, 0.29) is 19.0 Å². The van der Waals surface area contributed by atoms with Gasteiger partial charge in [0.15, 0.2) is 0 Å². The standard InChI is InChI=1S/C19H22ClN3O3S/c1-15-3-9-18(10-4-15)21-19(24)14-23-12-2-11-22(27(23,25)26)13-16-5-7-17(20)8-6-16/h3-10H,2,11-14H2,1H3,(H,21,24). The average molecular weight is 408 g/mol. The topological polar surface area (TPSA) is 69.7 Å². The molecule has 1 amide bonds. The largest absolute Gasteiger partial charge is 0.325 e. The van der Waals surface area contributed by atoms with Crippen LogP contribution in [0.15, 0.2) is 48.5 Å². The molecule has 2 aromatic rings. The van der Waals surface area contributed by atoms with E-state index in [0.29, 0.717) is 30.2 Å². The minimum Gasteiger partial charge on any atom is -0.325 e. The van der Waals surface area contributed by atoms with Crippen molar-refractivity contribution in [3.05, 3.63) is 64.7 Å². The van der Waals surface area contributed by atoms with Crippen LogP contribution in [0.1, 0.15) is 17.5 Å². The quantitative estimate of drug-likeness (QED) is 0.828. The van der Waals surface area contributed by atoms with E-state index in [1.54, 1.807) is 36.4 Å². The van der Waals surface area contributed by atoms with E-state index in [4.69, 9.17) is 11.6 Å². The maximum atomic E-state index is 12.9. The van der Waals surface area contributed by atoms with Gasteiger partial charge in [0.2, 0.25) is 5.91 Å². The number of nitrogens with zero attached hydrogens (tertiary/aromatic N) is 2. The highest BCUT2D eigenvalue weighted by molar-refractivity contribution is 7.86. The molecule has 0 unspecified atom stereocenters. The first-order chi connectivity index (χ1) is 12.8. The van der Waals surface area contributed by atoms with Crippen molar-refractivity contribution < 1.29 is 13.2 Å². The Kier molecular flexibility index (Phi) is 6.16. The molecule has 0 atom stereocenters. The van der Waals surface area contributed by atoms with Gasteiger partial charge in [0.05, 0.1) is 6.54 Å². The Labute approximate surface area is 164 Å². The van der Waals surface area contributed by atoms with Gasteiger partial charge in [0.25, 0.3) is 10.2 Å². The van der Waals surface area contributed by atoms with Crippen molar-refractivity contribution in [3.8, 4) is 0 Å². The van der Waals surface area contributed by atoms with Gasteiger partial charge < -0.3 is 5.32 Å². The molecule has 27 heavy (non-hydrogen) atoms. The van der Waals surface area contributed by atoms with Gasteiger partial charge in [-0.15, -0.1) is 0 Å². The second-order valence-corrected chi connectivity index (χ2v) is 8.93. The van der Waals surface area contributed by atoms with E-state index in [0.717, 1.165) is 11.1 Å². The minimum absolute atomic E-state index is 0.201. The van der Waals surface area contributed by atoms with Crippen LogP contribution in [-0.4, -0.2) is 42.6 Å². The van der Waals surface area contributed by atoms with Gasteiger partial charge in [-0.1, -0.05) is 41.4 Å². The monoisotopic (exact) mass is 407 g/mol. The molecule has 1 saturated heterocycles. The maximum Gasteiger partial charge on any atom is 0.282 e. The van der Waals surface area contributed by atoms with E-state index < -0.39 is 10.2 Å². The van der Waals surface area contributed by atoms with E-state index in [1.165, 1.54) is 8.61 Å². The summed E-state index contributed by atoms with van der Waals surface area (Å²) in [5.41, 5.74) is 2.59. The number of hydrogen-bond acceptors (Lipinski definition) is 3. The summed E-state index contributed by atoms with van der Waals surface area (Å²) in [6, 6.07) is 14.5. The predicted octanol–water partition coefficient (Wildman–Crippen LogP) is 3.04. The first kappa shape index (κ1) is 19.8. The Hall–Kier alpha value is -1.93. The summed E-state index contributed by atoms with van der Waals surface area (Å²) < 4.78 is 28.4. The highest BCUT2D eigenvalue weighted by Crippen LogP contribution is 2.20. The molecular weight excluding hydrogens is 386 g/mol. The van der Waals surface area contributed by atoms with E-state index in [1.807, 2.05) is 19.1 Å². The van der Waals surface area contributed by atoms with Crippen molar-refractivity contribution in [3.63, 3.8) is 0 Å². The van der Waals surface area contributed by atoms with Crippen LogP contribution in [0.25, 0.3) is 0 Å². The van der Waals surface area contributed by atoms with Gasteiger partial charge in [-0.05, 0) is 43.2 Å². The molecule has 144 valence electrons. The number of halogens is 1. The first-order valence-corrected chi connectivity index (χ1v) is 10.5. The zero-order valence-corrected chi connectivity index (χ0v) is 16.6. The summed E-state index contributed by atoms with van der Waals surface area (Å²) in [4.78, 5) is 12.3. The van der Waals surface area contributed by atoms with Gasteiger partial charge in [0.1, 0.15) is 0 Å². The minimum atomic E-state index is -3.69. The Morgan fingerprint density at radius 1 is 1.04 bits per heavy atom. The molecule has 0 aromatic heterocycles. The third kappa shape index (κ3) is 5.07. The van der Waals surface area contributed by atoms with E-state index >= 15 is 0 Å². The summed E-state index contributed by atoms with van der Waals surface area (Å²) in [5.74, 6) is -0.351. The van der Waals surface area contributed by atoms with Gasteiger partial charge in [0, 0.05) is 30.3 Å². The number of rotatable bonds is 5. The SMILES string of the molecule is Cc1ccc(NC(=O)CN2CCCN(Cc3ccc(Cl)cc3)S2(=O)=O)cc1. The molecular formula is C19H22ClN3O3S. The van der Waals surface area contributed by atoms with Crippen LogP contribution in [0.4, 0.5) is 5.69 Å². The second-order valence-electron chi connectivity index (χ2n) is 6.57. The molecule has 1 aliphatic rings. The lowest BCUT2D eigenvalue weighted by Crippen LogP contribution is -2.51. The summed E-state index contributed by atoms with van der Waals surface area (Å²) >= 11 is 5.88. The number of carbonyl (C=O) groups excluding carboxylic acids is 1. The first-order valence-electron chi connectivity index (χ1n) is 8.71. The van der Waals surface area contributed by atoms with Crippen molar-refractivity contribution in [1.29, 1.82) is 0 Å². The third-order valence-corrected chi connectivity index (χ3v) is 6.58. The second kappa shape index (κ2) is 8.39. The Morgan fingerprint density at radius 3 is 2.33 bits per heavy atom. The molecule has 1 heterocycles. The lowest BCUT2D eigenvalue weighted by atomic mass is 10.2. The lowest BCUT2D eigenvalue weighted by Gasteiger charge is -2.34. The number of aryl methyl sites for hydroxylation is 1. The molecule has 0 radical (unpaired) electrons. The molecule has 8 heteroatoms. The fraction of sp³-hybridized carbons (Fsp3) is 0.316. The zero-order valence-electron chi connectivity index (χ0n) is 15.1. The third-order valence-electron chi connectivity index (χ3n) is 4.40. The van der Waals surface area contributed by atoms with Crippen molar-refractivity contribution in [2.24, 2.45) is 0 Å². The van der Waals surface area contributed by atoms with Crippen molar-refractivity contribution in [2.45, 2.75) is 19.9 Å². The van der Waals surface area contributed by atoms with Crippen LogP contribution < -0.4 is 5.32 Å². The molecule has 0 aliphatic carbocycles. The van der Waals surface area contributed by atoms with Crippen LogP contribution in [0, 0.1) is 6.92 Å². The Morgan fingerprint density at radius 2 is 1.67 bits per heavy atom. The number of benzene rings is 2. The van der Waals surface area contributed by atoms with Gasteiger partial charge in [-0.2, -0.15) is 17.0 Å². The Balaban J connectivity index is 1.65. The summed E-state index contributed by atoms with van der Waals surface area (Å²) in [5, 5.41) is 3.35. The summed E-state index contributed by atoms with van der Waals surface area (Å²) in [6.45, 7) is 2.78. The molecule has 1 fully saturated rings. The molecule has 0 saturated carbocycles. The number of hydrogen-bond donors (Lipinski definition) is 1. The van der Waals surface area contributed by atoms with Gasteiger partial charge >= 0.3 is 0 Å². The van der Waals surface area contributed by atoms with E-state index in [9.17, 15) is 13.2 Å². The van der Waals surface area contributed by atoms with Crippen LogP contribution in [-0.2, 0) is 21.5 Å². The molecule has 6 nitrogen and oxygen atoms in total.